The molecule has 0 atom stereocenters. The zero-order chi connectivity index (χ0) is 15.5. The molecule has 3 rings (SSSR count). The lowest BCUT2D eigenvalue weighted by atomic mass is 10.1. The van der Waals surface area contributed by atoms with Crippen molar-refractivity contribution in [2.75, 3.05) is 31.1 Å². The number of piperazine rings is 1. The number of amides is 1. The zero-order valence-corrected chi connectivity index (χ0v) is 12.4. The van der Waals surface area contributed by atoms with Gasteiger partial charge in [0.15, 0.2) is 0 Å². The van der Waals surface area contributed by atoms with E-state index in [-0.39, 0.29) is 11.7 Å². The van der Waals surface area contributed by atoms with Crippen molar-refractivity contribution in [3.05, 3.63) is 53.6 Å². The van der Waals surface area contributed by atoms with Crippen LogP contribution >= 0.6 is 0 Å². The van der Waals surface area contributed by atoms with Crippen LogP contribution in [0.25, 0.3) is 0 Å². The predicted molar refractivity (Wildman–Crippen MR) is 81.3 cm³/mol. The molecule has 1 aromatic carbocycles. The van der Waals surface area contributed by atoms with E-state index >= 15 is 0 Å². The molecule has 2 heterocycles. The van der Waals surface area contributed by atoms with Gasteiger partial charge >= 0.3 is 0 Å². The largest absolute Gasteiger partial charge is 0.368 e. The number of aromatic nitrogens is 2. The van der Waals surface area contributed by atoms with Crippen molar-refractivity contribution in [2.24, 2.45) is 0 Å². The Morgan fingerprint density at radius 1 is 1.09 bits per heavy atom. The van der Waals surface area contributed by atoms with Crippen LogP contribution in [0.2, 0.25) is 0 Å². The third-order valence-corrected chi connectivity index (χ3v) is 3.89. The van der Waals surface area contributed by atoms with Gasteiger partial charge in [-0.05, 0) is 37.3 Å². The molecular weight excluding hydrogens is 283 g/mol. The average Bonchev–Trinajstić information content (AvgIpc) is 2.56. The Balaban J connectivity index is 1.65. The molecule has 1 aliphatic heterocycles. The molecule has 2 aromatic rings. The molecular formula is C16H17FN4O. The first-order valence-electron chi connectivity index (χ1n) is 7.23. The second kappa shape index (κ2) is 6.09. The Labute approximate surface area is 128 Å². The third-order valence-electron chi connectivity index (χ3n) is 3.89. The summed E-state index contributed by atoms with van der Waals surface area (Å²) in [7, 11) is 0. The molecule has 0 radical (unpaired) electrons. The second-order valence-electron chi connectivity index (χ2n) is 5.29. The lowest BCUT2D eigenvalue weighted by molar-refractivity contribution is 0.0745. The fraction of sp³-hybridized carbons (Fsp3) is 0.312. The van der Waals surface area contributed by atoms with Gasteiger partial charge in [-0.2, -0.15) is 10.2 Å². The minimum absolute atomic E-state index is 0.00819. The van der Waals surface area contributed by atoms with Gasteiger partial charge in [0.25, 0.3) is 5.91 Å². The quantitative estimate of drug-likeness (QED) is 0.850. The number of aryl methyl sites for hydroxylation is 1. The molecule has 6 heteroatoms. The van der Waals surface area contributed by atoms with Crippen molar-refractivity contribution in [3.63, 3.8) is 0 Å². The van der Waals surface area contributed by atoms with Crippen LogP contribution in [0.15, 0.2) is 36.5 Å². The standard InChI is InChI=1S/C16H17FN4O/c1-12-15(6-7-18-19-12)16(22)21-10-8-20(9-11-21)14-4-2-13(17)3-5-14/h2-7H,8-11H2,1H3. The normalized spacial score (nSPS) is 15.0. The van der Waals surface area contributed by atoms with Crippen molar-refractivity contribution < 1.29 is 9.18 Å². The van der Waals surface area contributed by atoms with Crippen molar-refractivity contribution in [3.8, 4) is 0 Å². The summed E-state index contributed by atoms with van der Waals surface area (Å²) >= 11 is 0. The summed E-state index contributed by atoms with van der Waals surface area (Å²) in [4.78, 5) is 16.5. The van der Waals surface area contributed by atoms with Crippen molar-refractivity contribution in [1.29, 1.82) is 0 Å². The van der Waals surface area contributed by atoms with Gasteiger partial charge in [0, 0.05) is 31.9 Å². The number of halogens is 1. The van der Waals surface area contributed by atoms with E-state index in [1.54, 1.807) is 25.1 Å². The number of hydrogen-bond donors (Lipinski definition) is 0. The number of anilines is 1. The molecule has 114 valence electrons. The minimum Gasteiger partial charge on any atom is -0.368 e. The summed E-state index contributed by atoms with van der Waals surface area (Å²) in [5.74, 6) is -0.246. The maximum atomic E-state index is 13.0. The highest BCUT2D eigenvalue weighted by atomic mass is 19.1. The number of rotatable bonds is 2. The Morgan fingerprint density at radius 3 is 2.41 bits per heavy atom. The van der Waals surface area contributed by atoms with Crippen molar-refractivity contribution in [1.82, 2.24) is 15.1 Å². The van der Waals surface area contributed by atoms with E-state index in [0.29, 0.717) is 24.3 Å². The molecule has 0 aliphatic carbocycles. The summed E-state index contributed by atoms with van der Waals surface area (Å²) < 4.78 is 13.0. The molecule has 1 amide bonds. The average molecular weight is 300 g/mol. The first-order valence-corrected chi connectivity index (χ1v) is 7.23. The van der Waals surface area contributed by atoms with E-state index < -0.39 is 0 Å². The Bertz CT molecular complexity index is 666. The first-order chi connectivity index (χ1) is 10.6. The smallest absolute Gasteiger partial charge is 0.255 e. The molecule has 0 unspecified atom stereocenters. The van der Waals surface area contributed by atoms with Crippen molar-refractivity contribution >= 4 is 11.6 Å². The highest BCUT2D eigenvalue weighted by molar-refractivity contribution is 5.95. The van der Waals surface area contributed by atoms with Gasteiger partial charge in [-0.25, -0.2) is 4.39 Å². The topological polar surface area (TPSA) is 49.3 Å². The van der Waals surface area contributed by atoms with Crippen LogP contribution in [0.3, 0.4) is 0 Å². The van der Waals surface area contributed by atoms with Crippen LogP contribution in [0.5, 0.6) is 0 Å². The van der Waals surface area contributed by atoms with Crippen LogP contribution in [-0.2, 0) is 0 Å². The van der Waals surface area contributed by atoms with E-state index in [4.69, 9.17) is 0 Å². The van der Waals surface area contributed by atoms with Crippen LogP contribution in [0, 0.1) is 12.7 Å². The van der Waals surface area contributed by atoms with E-state index in [0.717, 1.165) is 18.8 Å². The molecule has 0 N–H and O–H groups in total. The Hall–Kier alpha value is -2.50. The van der Waals surface area contributed by atoms with Gasteiger partial charge in [0.1, 0.15) is 5.82 Å². The number of carbonyl (C=O) groups is 1. The Kier molecular flexibility index (Phi) is 4.00. The van der Waals surface area contributed by atoms with Gasteiger partial charge in [-0.1, -0.05) is 0 Å². The Morgan fingerprint density at radius 2 is 1.77 bits per heavy atom. The van der Waals surface area contributed by atoms with E-state index in [2.05, 4.69) is 15.1 Å². The number of nitrogens with zero attached hydrogens (tertiary/aromatic N) is 4. The SMILES string of the molecule is Cc1nnccc1C(=O)N1CCN(c2ccc(F)cc2)CC1. The molecule has 1 aromatic heterocycles. The number of hydrogen-bond acceptors (Lipinski definition) is 4. The summed E-state index contributed by atoms with van der Waals surface area (Å²) in [6.07, 6.45) is 1.54. The molecule has 0 bridgehead atoms. The number of carbonyl (C=O) groups excluding carboxylic acids is 1. The van der Waals surface area contributed by atoms with Gasteiger partial charge in [0.2, 0.25) is 0 Å². The minimum atomic E-state index is -0.238. The molecule has 1 saturated heterocycles. The van der Waals surface area contributed by atoms with E-state index in [9.17, 15) is 9.18 Å². The summed E-state index contributed by atoms with van der Waals surface area (Å²) in [6.45, 7) is 4.52. The molecule has 0 spiro atoms. The molecule has 1 fully saturated rings. The second-order valence-corrected chi connectivity index (χ2v) is 5.29. The summed E-state index contributed by atoms with van der Waals surface area (Å²) in [6, 6.07) is 8.15. The van der Waals surface area contributed by atoms with Gasteiger partial charge in [-0.3, -0.25) is 4.79 Å². The zero-order valence-electron chi connectivity index (χ0n) is 12.4. The van der Waals surface area contributed by atoms with E-state index in [1.807, 2.05) is 4.90 Å². The molecule has 0 saturated carbocycles. The van der Waals surface area contributed by atoms with Crippen LogP contribution in [0.1, 0.15) is 16.1 Å². The highest BCUT2D eigenvalue weighted by Gasteiger charge is 2.23. The molecule has 5 nitrogen and oxygen atoms in total. The summed E-state index contributed by atoms with van der Waals surface area (Å²) in [5, 5.41) is 7.69. The van der Waals surface area contributed by atoms with Gasteiger partial charge in [0.05, 0.1) is 17.5 Å². The summed E-state index contributed by atoms with van der Waals surface area (Å²) in [5.41, 5.74) is 2.23. The van der Waals surface area contributed by atoms with E-state index in [1.165, 1.54) is 18.3 Å². The van der Waals surface area contributed by atoms with Crippen LogP contribution < -0.4 is 4.90 Å². The fourth-order valence-electron chi connectivity index (χ4n) is 2.62. The maximum absolute atomic E-state index is 13.0. The lowest BCUT2D eigenvalue weighted by Gasteiger charge is -2.36. The van der Waals surface area contributed by atoms with Crippen molar-refractivity contribution in [2.45, 2.75) is 6.92 Å². The number of benzene rings is 1. The molecule has 1 aliphatic rings. The van der Waals surface area contributed by atoms with Crippen LogP contribution in [-0.4, -0.2) is 47.2 Å². The van der Waals surface area contributed by atoms with Gasteiger partial charge < -0.3 is 9.80 Å². The predicted octanol–water partition coefficient (Wildman–Crippen LogP) is 1.89. The van der Waals surface area contributed by atoms with Gasteiger partial charge in [-0.15, -0.1) is 0 Å². The maximum Gasteiger partial charge on any atom is 0.255 e. The molecule has 22 heavy (non-hydrogen) atoms. The fourth-order valence-corrected chi connectivity index (χ4v) is 2.62. The lowest BCUT2D eigenvalue weighted by Crippen LogP contribution is -2.49. The monoisotopic (exact) mass is 300 g/mol. The first kappa shape index (κ1) is 14.4. The highest BCUT2D eigenvalue weighted by Crippen LogP contribution is 2.18. The third kappa shape index (κ3) is 2.90. The van der Waals surface area contributed by atoms with Crippen LogP contribution in [0.4, 0.5) is 10.1 Å².